The normalized spacial score (nSPS) is 12.4. The quantitative estimate of drug-likeness (QED) is 0.835. The van der Waals surface area contributed by atoms with Crippen LogP contribution in [0.25, 0.3) is 0 Å². The van der Waals surface area contributed by atoms with Gasteiger partial charge in [-0.05, 0) is 50.2 Å². The Balaban J connectivity index is 2.17. The van der Waals surface area contributed by atoms with Crippen molar-refractivity contribution in [1.29, 1.82) is 0 Å². The lowest BCUT2D eigenvalue weighted by molar-refractivity contribution is 0.572. The van der Waals surface area contributed by atoms with E-state index in [0.717, 1.165) is 17.0 Å². The van der Waals surface area contributed by atoms with Gasteiger partial charge in [-0.25, -0.2) is 4.39 Å². The van der Waals surface area contributed by atoms with Gasteiger partial charge in [0, 0.05) is 15.8 Å². The molecule has 0 saturated heterocycles. The van der Waals surface area contributed by atoms with Gasteiger partial charge in [0.25, 0.3) is 0 Å². The molecule has 0 aliphatic rings. The Morgan fingerprint density at radius 1 is 1.20 bits per heavy atom. The van der Waals surface area contributed by atoms with Crippen molar-refractivity contribution in [2.45, 2.75) is 36.6 Å². The van der Waals surface area contributed by atoms with Crippen molar-refractivity contribution in [3.05, 3.63) is 59.4 Å². The minimum Gasteiger partial charge on any atom is -0.310 e. The topological polar surface area (TPSA) is 12.0 Å². The molecule has 3 heteroatoms. The summed E-state index contributed by atoms with van der Waals surface area (Å²) in [6.07, 6.45) is 0. The highest BCUT2D eigenvalue weighted by Crippen LogP contribution is 2.31. The van der Waals surface area contributed by atoms with Crippen LogP contribution in [0.15, 0.2) is 52.3 Å². The fraction of sp³-hybridized carbons (Fsp3) is 0.294. The first-order chi connectivity index (χ1) is 9.60. The van der Waals surface area contributed by atoms with Gasteiger partial charge in [0.1, 0.15) is 5.82 Å². The maximum Gasteiger partial charge on any atom is 0.137 e. The number of halogens is 1. The Morgan fingerprint density at radius 2 is 2.00 bits per heavy atom. The Bertz CT molecular complexity index is 583. The van der Waals surface area contributed by atoms with E-state index in [9.17, 15) is 4.39 Å². The molecule has 0 aliphatic carbocycles. The first-order valence-corrected chi connectivity index (χ1v) is 7.69. The molecule has 1 N–H and O–H groups in total. The summed E-state index contributed by atoms with van der Waals surface area (Å²) in [6.45, 7) is 7.02. The van der Waals surface area contributed by atoms with E-state index in [4.69, 9.17) is 0 Å². The van der Waals surface area contributed by atoms with Crippen LogP contribution in [0.4, 0.5) is 4.39 Å². The molecule has 0 aromatic heterocycles. The minimum absolute atomic E-state index is 0.154. The number of aryl methyl sites for hydroxylation is 1. The zero-order chi connectivity index (χ0) is 14.5. The fourth-order valence-corrected chi connectivity index (χ4v) is 3.04. The molecular weight excluding hydrogens is 269 g/mol. The second-order valence-corrected chi connectivity index (χ2v) is 6.00. The van der Waals surface area contributed by atoms with Crippen LogP contribution in [0.1, 0.15) is 31.0 Å². The van der Waals surface area contributed by atoms with Crippen molar-refractivity contribution in [2.24, 2.45) is 0 Å². The van der Waals surface area contributed by atoms with E-state index in [1.54, 1.807) is 6.07 Å². The highest BCUT2D eigenvalue weighted by Gasteiger charge is 2.09. The van der Waals surface area contributed by atoms with Crippen molar-refractivity contribution in [1.82, 2.24) is 5.32 Å². The number of hydrogen-bond donors (Lipinski definition) is 1. The SMILES string of the molecule is CCNC(C)c1ccc(Sc2cccc(C)c2)c(F)c1. The van der Waals surface area contributed by atoms with E-state index in [2.05, 4.69) is 18.3 Å². The van der Waals surface area contributed by atoms with Gasteiger partial charge in [0.2, 0.25) is 0 Å². The first-order valence-electron chi connectivity index (χ1n) is 6.87. The summed E-state index contributed by atoms with van der Waals surface area (Å²) in [4.78, 5) is 1.74. The highest BCUT2D eigenvalue weighted by molar-refractivity contribution is 7.99. The lowest BCUT2D eigenvalue weighted by atomic mass is 10.1. The smallest absolute Gasteiger partial charge is 0.137 e. The number of hydrogen-bond acceptors (Lipinski definition) is 2. The third kappa shape index (κ3) is 3.84. The predicted octanol–water partition coefficient (Wildman–Crippen LogP) is 4.96. The van der Waals surface area contributed by atoms with E-state index < -0.39 is 0 Å². The van der Waals surface area contributed by atoms with Crippen molar-refractivity contribution < 1.29 is 4.39 Å². The summed E-state index contributed by atoms with van der Waals surface area (Å²) in [5.74, 6) is -0.154. The Morgan fingerprint density at radius 3 is 2.65 bits per heavy atom. The number of nitrogens with one attached hydrogen (secondary N) is 1. The van der Waals surface area contributed by atoms with E-state index in [-0.39, 0.29) is 11.9 Å². The lowest BCUT2D eigenvalue weighted by Crippen LogP contribution is -2.17. The Hall–Kier alpha value is -1.32. The molecule has 2 aromatic carbocycles. The van der Waals surface area contributed by atoms with Crippen LogP contribution >= 0.6 is 11.8 Å². The molecule has 0 aliphatic heterocycles. The zero-order valence-corrected chi connectivity index (χ0v) is 12.9. The van der Waals surface area contributed by atoms with Crippen LogP contribution in [0.3, 0.4) is 0 Å². The maximum absolute atomic E-state index is 14.2. The van der Waals surface area contributed by atoms with Crippen molar-refractivity contribution in [3.63, 3.8) is 0 Å². The summed E-state index contributed by atoms with van der Waals surface area (Å²) in [5.41, 5.74) is 2.17. The average molecular weight is 289 g/mol. The first kappa shape index (κ1) is 15.1. The van der Waals surface area contributed by atoms with E-state index in [1.807, 2.05) is 44.2 Å². The molecule has 0 bridgehead atoms. The molecule has 0 fully saturated rings. The molecule has 2 aromatic rings. The van der Waals surface area contributed by atoms with Crippen molar-refractivity contribution in [2.75, 3.05) is 6.54 Å². The number of rotatable bonds is 5. The van der Waals surface area contributed by atoms with Gasteiger partial charge in [-0.15, -0.1) is 0 Å². The average Bonchev–Trinajstić information content (AvgIpc) is 2.41. The Kier molecular flexibility index (Phi) is 5.21. The summed E-state index contributed by atoms with van der Waals surface area (Å²) in [6, 6.07) is 13.8. The monoisotopic (exact) mass is 289 g/mol. The van der Waals surface area contributed by atoms with Gasteiger partial charge in [0.05, 0.1) is 0 Å². The molecule has 20 heavy (non-hydrogen) atoms. The second-order valence-electron chi connectivity index (χ2n) is 4.89. The molecule has 2 rings (SSSR count). The summed E-state index contributed by atoms with van der Waals surface area (Å²) < 4.78 is 14.2. The molecule has 1 nitrogen and oxygen atoms in total. The Labute approximate surface area is 124 Å². The van der Waals surface area contributed by atoms with Crippen LogP contribution in [0, 0.1) is 12.7 Å². The molecular formula is C17H20FNS. The third-order valence-corrected chi connectivity index (χ3v) is 4.22. The summed E-state index contributed by atoms with van der Waals surface area (Å²) >= 11 is 1.47. The van der Waals surface area contributed by atoms with E-state index in [0.29, 0.717) is 4.90 Å². The molecule has 0 heterocycles. The summed E-state index contributed by atoms with van der Waals surface area (Å²) in [5, 5.41) is 3.29. The van der Waals surface area contributed by atoms with Crippen LogP contribution in [-0.2, 0) is 0 Å². The number of benzene rings is 2. The molecule has 0 saturated carbocycles. The molecule has 1 atom stereocenters. The third-order valence-electron chi connectivity index (χ3n) is 3.18. The van der Waals surface area contributed by atoms with Crippen LogP contribution in [0.2, 0.25) is 0 Å². The van der Waals surface area contributed by atoms with Crippen molar-refractivity contribution >= 4 is 11.8 Å². The standard InChI is InChI=1S/C17H20FNS/c1-4-19-13(3)14-8-9-17(16(18)11-14)20-15-7-5-6-12(2)10-15/h5-11,13,19H,4H2,1-3H3. The van der Waals surface area contributed by atoms with Crippen LogP contribution < -0.4 is 5.32 Å². The zero-order valence-electron chi connectivity index (χ0n) is 12.1. The molecule has 0 amide bonds. The van der Waals surface area contributed by atoms with E-state index in [1.165, 1.54) is 17.3 Å². The minimum atomic E-state index is -0.154. The second kappa shape index (κ2) is 6.91. The molecule has 1 unspecified atom stereocenters. The van der Waals surface area contributed by atoms with Crippen LogP contribution in [0.5, 0.6) is 0 Å². The maximum atomic E-state index is 14.2. The van der Waals surface area contributed by atoms with Crippen LogP contribution in [-0.4, -0.2) is 6.54 Å². The van der Waals surface area contributed by atoms with Gasteiger partial charge in [-0.2, -0.15) is 0 Å². The molecule has 106 valence electrons. The van der Waals surface area contributed by atoms with Gasteiger partial charge in [-0.3, -0.25) is 0 Å². The lowest BCUT2D eigenvalue weighted by Gasteiger charge is -2.14. The van der Waals surface area contributed by atoms with E-state index >= 15 is 0 Å². The van der Waals surface area contributed by atoms with Gasteiger partial charge < -0.3 is 5.32 Å². The summed E-state index contributed by atoms with van der Waals surface area (Å²) in [7, 11) is 0. The predicted molar refractivity (Wildman–Crippen MR) is 83.8 cm³/mol. The van der Waals surface area contributed by atoms with Gasteiger partial charge in [0.15, 0.2) is 0 Å². The van der Waals surface area contributed by atoms with Crippen molar-refractivity contribution in [3.8, 4) is 0 Å². The highest BCUT2D eigenvalue weighted by atomic mass is 32.2. The largest absolute Gasteiger partial charge is 0.310 e. The molecule has 0 radical (unpaired) electrons. The van der Waals surface area contributed by atoms with Gasteiger partial charge in [-0.1, -0.05) is 42.4 Å². The van der Waals surface area contributed by atoms with Gasteiger partial charge >= 0.3 is 0 Å². The molecule has 0 spiro atoms. The fourth-order valence-electron chi connectivity index (χ4n) is 2.10.